The molecule has 0 bridgehead atoms. The molecular weight excluding hydrogens is 401 g/mol. The molecule has 0 aliphatic heterocycles. The Morgan fingerprint density at radius 1 is 1.37 bits per heavy atom. The minimum atomic E-state index is -0.403. The zero-order valence-electron chi connectivity index (χ0n) is 17.5. The van der Waals surface area contributed by atoms with E-state index in [1.807, 2.05) is 0 Å². The Labute approximate surface area is 178 Å². The molecule has 2 aromatic heterocycles. The lowest BCUT2D eigenvalue weighted by Crippen LogP contribution is -2.26. The third-order valence-corrected chi connectivity index (χ3v) is 7.04. The Balaban J connectivity index is 1.50. The Kier molecular flexibility index (Phi) is 5.49. The number of carbonyl (C=O) groups is 1. The number of fused-ring (bicyclic) bond motifs is 3. The monoisotopic (exact) mass is 427 g/mol. The third kappa shape index (κ3) is 4.31. The van der Waals surface area contributed by atoms with E-state index in [-0.39, 0.29) is 23.3 Å². The minimum absolute atomic E-state index is 0.118. The molecule has 0 saturated heterocycles. The summed E-state index contributed by atoms with van der Waals surface area (Å²) in [4.78, 5) is 34.5. The molecule has 0 radical (unpaired) electrons. The van der Waals surface area contributed by atoms with E-state index in [1.54, 1.807) is 23.5 Å². The highest BCUT2D eigenvalue weighted by molar-refractivity contribution is 7.18. The summed E-state index contributed by atoms with van der Waals surface area (Å²) >= 11 is 1.61. The molecule has 2 heterocycles. The van der Waals surface area contributed by atoms with Gasteiger partial charge in [-0.05, 0) is 54.4 Å². The van der Waals surface area contributed by atoms with Gasteiger partial charge < -0.3 is 10.3 Å². The van der Waals surface area contributed by atoms with Crippen LogP contribution in [0.4, 0.5) is 10.1 Å². The summed E-state index contributed by atoms with van der Waals surface area (Å²) in [6.07, 6.45) is 3.47. The number of nitrogens with one attached hydrogen (secondary N) is 2. The number of benzene rings is 1. The van der Waals surface area contributed by atoms with Crippen LogP contribution in [0.2, 0.25) is 0 Å². The van der Waals surface area contributed by atoms with Crippen LogP contribution in [0.25, 0.3) is 10.2 Å². The predicted octanol–water partition coefficient (Wildman–Crippen LogP) is 4.85. The van der Waals surface area contributed by atoms with E-state index in [0.717, 1.165) is 35.0 Å². The number of carbonyl (C=O) groups excluding carboxylic acids is 1. The SMILES string of the molecule is CC(C)(C)C1CCc2c(sc3nc(CCC(=O)Nc4cccc(F)c4)[nH]c(=O)c23)C1. The summed E-state index contributed by atoms with van der Waals surface area (Å²) in [6, 6.07) is 5.77. The van der Waals surface area contributed by atoms with Gasteiger partial charge in [0.25, 0.3) is 5.56 Å². The van der Waals surface area contributed by atoms with Gasteiger partial charge in [0.1, 0.15) is 16.5 Å². The van der Waals surface area contributed by atoms with Crippen molar-refractivity contribution in [3.63, 3.8) is 0 Å². The van der Waals surface area contributed by atoms with Crippen LogP contribution in [0.5, 0.6) is 0 Å². The molecule has 1 amide bonds. The van der Waals surface area contributed by atoms with Crippen LogP contribution in [0.3, 0.4) is 0 Å². The van der Waals surface area contributed by atoms with Crippen LogP contribution >= 0.6 is 11.3 Å². The van der Waals surface area contributed by atoms with Gasteiger partial charge in [0.2, 0.25) is 5.91 Å². The highest BCUT2D eigenvalue weighted by Crippen LogP contribution is 2.41. The summed E-state index contributed by atoms with van der Waals surface area (Å²) < 4.78 is 13.2. The number of aryl methyl sites for hydroxylation is 2. The van der Waals surface area contributed by atoms with Gasteiger partial charge in [0.05, 0.1) is 5.39 Å². The van der Waals surface area contributed by atoms with Crippen LogP contribution in [-0.2, 0) is 24.1 Å². The average molecular weight is 428 g/mol. The van der Waals surface area contributed by atoms with Gasteiger partial charge in [-0.25, -0.2) is 9.37 Å². The van der Waals surface area contributed by atoms with Crippen LogP contribution in [0.1, 0.15) is 49.9 Å². The zero-order valence-corrected chi connectivity index (χ0v) is 18.3. The minimum Gasteiger partial charge on any atom is -0.326 e. The number of amides is 1. The lowest BCUT2D eigenvalue weighted by molar-refractivity contribution is -0.116. The maximum Gasteiger partial charge on any atom is 0.259 e. The number of aromatic nitrogens is 2. The van der Waals surface area contributed by atoms with E-state index in [2.05, 4.69) is 36.1 Å². The Bertz CT molecular complexity index is 1160. The molecule has 5 nitrogen and oxygen atoms in total. The number of aromatic amines is 1. The van der Waals surface area contributed by atoms with Crippen LogP contribution < -0.4 is 10.9 Å². The van der Waals surface area contributed by atoms with E-state index in [1.165, 1.54) is 17.0 Å². The lowest BCUT2D eigenvalue weighted by Gasteiger charge is -2.33. The maximum absolute atomic E-state index is 13.2. The highest BCUT2D eigenvalue weighted by atomic mass is 32.1. The normalized spacial score (nSPS) is 16.5. The fourth-order valence-corrected chi connectivity index (χ4v) is 5.43. The van der Waals surface area contributed by atoms with E-state index < -0.39 is 5.82 Å². The topological polar surface area (TPSA) is 74.8 Å². The molecule has 0 saturated carbocycles. The summed E-state index contributed by atoms with van der Waals surface area (Å²) in [5, 5.41) is 3.39. The second kappa shape index (κ2) is 7.95. The van der Waals surface area contributed by atoms with E-state index in [9.17, 15) is 14.0 Å². The summed E-state index contributed by atoms with van der Waals surface area (Å²) in [6.45, 7) is 6.82. The number of hydrogen-bond donors (Lipinski definition) is 2. The molecule has 1 unspecified atom stereocenters. The zero-order chi connectivity index (χ0) is 21.5. The van der Waals surface area contributed by atoms with E-state index in [0.29, 0.717) is 23.9 Å². The number of H-pyrrole nitrogens is 1. The van der Waals surface area contributed by atoms with Crippen LogP contribution in [-0.4, -0.2) is 15.9 Å². The first-order valence-corrected chi connectivity index (χ1v) is 11.1. The van der Waals surface area contributed by atoms with Gasteiger partial charge in [-0.3, -0.25) is 9.59 Å². The van der Waals surface area contributed by atoms with Crippen molar-refractivity contribution >= 4 is 33.1 Å². The number of rotatable bonds is 4. The summed E-state index contributed by atoms with van der Waals surface area (Å²) in [5.74, 6) is 0.456. The number of nitrogens with zero attached hydrogens (tertiary/aromatic N) is 1. The molecule has 0 fully saturated rings. The molecule has 0 spiro atoms. The number of hydrogen-bond acceptors (Lipinski definition) is 4. The van der Waals surface area contributed by atoms with Crippen molar-refractivity contribution in [1.29, 1.82) is 0 Å². The van der Waals surface area contributed by atoms with E-state index >= 15 is 0 Å². The second-order valence-electron chi connectivity index (χ2n) is 9.06. The van der Waals surface area contributed by atoms with Crippen molar-refractivity contribution in [3.8, 4) is 0 Å². The first-order valence-electron chi connectivity index (χ1n) is 10.3. The maximum atomic E-state index is 13.2. The Hall–Kier alpha value is -2.54. The summed E-state index contributed by atoms with van der Waals surface area (Å²) in [7, 11) is 0. The van der Waals surface area contributed by atoms with E-state index in [4.69, 9.17) is 0 Å². The quantitative estimate of drug-likeness (QED) is 0.625. The predicted molar refractivity (Wildman–Crippen MR) is 119 cm³/mol. The molecule has 1 aromatic carbocycles. The molecule has 1 aliphatic carbocycles. The number of halogens is 1. The van der Waals surface area contributed by atoms with Crippen molar-refractivity contribution in [3.05, 3.63) is 56.7 Å². The fraction of sp³-hybridized carbons (Fsp3) is 0.435. The van der Waals surface area contributed by atoms with Gasteiger partial charge in [-0.15, -0.1) is 11.3 Å². The lowest BCUT2D eigenvalue weighted by atomic mass is 9.72. The van der Waals surface area contributed by atoms with Crippen LogP contribution in [0.15, 0.2) is 29.1 Å². The fourth-order valence-electron chi connectivity index (χ4n) is 4.11. The Morgan fingerprint density at radius 3 is 2.90 bits per heavy atom. The number of anilines is 1. The standard InChI is InChI=1S/C23H26FN3O2S/c1-23(2,3)13-7-8-16-17(11-13)30-22-20(16)21(29)26-18(27-22)9-10-19(28)25-15-6-4-5-14(24)12-15/h4-6,12-13H,7-11H2,1-3H3,(H,25,28)(H,26,27,29). The largest absolute Gasteiger partial charge is 0.326 e. The second-order valence-corrected chi connectivity index (χ2v) is 10.1. The van der Waals surface area contributed by atoms with Gasteiger partial charge in [0.15, 0.2) is 0 Å². The van der Waals surface area contributed by atoms with Crippen LogP contribution in [0, 0.1) is 17.2 Å². The van der Waals surface area contributed by atoms with Crippen molar-refractivity contribution in [2.45, 2.75) is 52.9 Å². The first-order chi connectivity index (χ1) is 14.2. The van der Waals surface area contributed by atoms with Crippen molar-refractivity contribution in [2.24, 2.45) is 11.3 Å². The van der Waals surface area contributed by atoms with Crippen molar-refractivity contribution in [2.75, 3.05) is 5.32 Å². The Morgan fingerprint density at radius 2 is 2.17 bits per heavy atom. The third-order valence-electron chi connectivity index (χ3n) is 5.89. The van der Waals surface area contributed by atoms with Crippen molar-refractivity contribution < 1.29 is 9.18 Å². The first kappa shape index (κ1) is 20.7. The van der Waals surface area contributed by atoms with Gasteiger partial charge in [-0.2, -0.15) is 0 Å². The smallest absolute Gasteiger partial charge is 0.259 e. The molecule has 1 atom stereocenters. The van der Waals surface area contributed by atoms with Gasteiger partial charge in [-0.1, -0.05) is 26.8 Å². The summed E-state index contributed by atoms with van der Waals surface area (Å²) in [5.41, 5.74) is 1.69. The molecule has 2 N–H and O–H groups in total. The molecule has 4 rings (SSSR count). The van der Waals surface area contributed by atoms with Gasteiger partial charge >= 0.3 is 0 Å². The van der Waals surface area contributed by atoms with Crippen molar-refractivity contribution in [1.82, 2.24) is 9.97 Å². The van der Waals surface area contributed by atoms with Gasteiger partial charge in [0, 0.05) is 23.4 Å². The molecule has 158 valence electrons. The molecule has 7 heteroatoms. The molecular formula is C23H26FN3O2S. The highest BCUT2D eigenvalue weighted by Gasteiger charge is 2.31. The average Bonchev–Trinajstić information content (AvgIpc) is 3.03. The number of thiophene rings is 1. The molecule has 1 aliphatic rings. The molecule has 30 heavy (non-hydrogen) atoms. The molecule has 3 aromatic rings.